The van der Waals surface area contributed by atoms with Gasteiger partial charge in [0.25, 0.3) is 5.56 Å². The summed E-state index contributed by atoms with van der Waals surface area (Å²) >= 11 is 6.27. The molecule has 0 saturated carbocycles. The van der Waals surface area contributed by atoms with Crippen LogP contribution in [0.4, 0.5) is 4.79 Å². The lowest BCUT2D eigenvalue weighted by Crippen LogP contribution is -2.49. The van der Waals surface area contributed by atoms with Gasteiger partial charge in [0.1, 0.15) is 11.9 Å². The maximum atomic E-state index is 13.4. The fourth-order valence-corrected chi connectivity index (χ4v) is 3.67. The van der Waals surface area contributed by atoms with E-state index in [1.54, 1.807) is 69.3 Å². The summed E-state index contributed by atoms with van der Waals surface area (Å²) in [7, 11) is 0. The number of carbonyl (C=O) groups is 1. The van der Waals surface area contributed by atoms with Gasteiger partial charge < -0.3 is 10.2 Å². The monoisotopic (exact) mass is 415 g/mol. The molecule has 0 bridgehead atoms. The molecule has 3 rings (SSSR count). The SMILES string of the molecule is CC(C)(C)N(C(=O)O)[C@@H](CO)c1nc2cccc(Cl)c2c(=O)n1-c1ccccc1. The van der Waals surface area contributed by atoms with E-state index in [0.29, 0.717) is 11.2 Å². The van der Waals surface area contributed by atoms with Gasteiger partial charge in [-0.3, -0.25) is 14.3 Å². The Balaban J connectivity index is 2.42. The molecule has 0 aliphatic heterocycles. The molecule has 0 aliphatic rings. The van der Waals surface area contributed by atoms with Crippen molar-refractivity contribution in [2.24, 2.45) is 0 Å². The Kier molecular flexibility index (Phi) is 5.64. The lowest BCUT2D eigenvalue weighted by atomic mass is 10.0. The molecule has 2 aromatic carbocycles. The van der Waals surface area contributed by atoms with Gasteiger partial charge in [0.15, 0.2) is 0 Å². The molecular formula is C21H22ClN3O4. The van der Waals surface area contributed by atoms with Crippen molar-refractivity contribution in [2.45, 2.75) is 32.4 Å². The molecule has 0 saturated heterocycles. The molecule has 8 heteroatoms. The number of hydrogen-bond acceptors (Lipinski definition) is 4. The number of hydrogen-bond donors (Lipinski definition) is 2. The highest BCUT2D eigenvalue weighted by Crippen LogP contribution is 2.30. The number of nitrogens with zero attached hydrogens (tertiary/aromatic N) is 3. The zero-order valence-corrected chi connectivity index (χ0v) is 17.1. The Morgan fingerprint density at radius 2 is 1.83 bits per heavy atom. The van der Waals surface area contributed by atoms with Gasteiger partial charge in [-0.15, -0.1) is 0 Å². The predicted octanol–water partition coefficient (Wildman–Crippen LogP) is 3.85. The number of amides is 1. The number of aliphatic hydroxyl groups is 1. The third-order valence-corrected chi connectivity index (χ3v) is 4.91. The first-order chi connectivity index (χ1) is 13.7. The Morgan fingerprint density at radius 1 is 1.17 bits per heavy atom. The van der Waals surface area contributed by atoms with Crippen LogP contribution < -0.4 is 5.56 Å². The molecule has 1 heterocycles. The van der Waals surface area contributed by atoms with Crippen molar-refractivity contribution in [1.29, 1.82) is 0 Å². The first-order valence-corrected chi connectivity index (χ1v) is 9.44. The summed E-state index contributed by atoms with van der Waals surface area (Å²) < 4.78 is 1.32. The molecule has 7 nitrogen and oxygen atoms in total. The average Bonchev–Trinajstić information content (AvgIpc) is 2.65. The van der Waals surface area contributed by atoms with Gasteiger partial charge in [0, 0.05) is 5.54 Å². The van der Waals surface area contributed by atoms with Gasteiger partial charge in [0.2, 0.25) is 0 Å². The quantitative estimate of drug-likeness (QED) is 0.674. The molecule has 0 spiro atoms. The van der Waals surface area contributed by atoms with Gasteiger partial charge >= 0.3 is 6.09 Å². The lowest BCUT2D eigenvalue weighted by molar-refractivity contribution is 0.0416. The van der Waals surface area contributed by atoms with Crippen LogP contribution in [-0.2, 0) is 0 Å². The second-order valence-corrected chi connectivity index (χ2v) is 8.01. The summed E-state index contributed by atoms with van der Waals surface area (Å²) in [6.07, 6.45) is -1.23. The van der Waals surface area contributed by atoms with E-state index in [4.69, 9.17) is 11.6 Å². The third-order valence-electron chi connectivity index (χ3n) is 4.60. The minimum Gasteiger partial charge on any atom is -0.465 e. The van der Waals surface area contributed by atoms with Crippen molar-refractivity contribution in [3.05, 3.63) is 69.7 Å². The van der Waals surface area contributed by atoms with E-state index in [9.17, 15) is 19.8 Å². The molecule has 2 N–H and O–H groups in total. The number of aromatic nitrogens is 2. The Hall–Kier alpha value is -2.90. The number of rotatable bonds is 4. The van der Waals surface area contributed by atoms with Crippen molar-refractivity contribution in [1.82, 2.24) is 14.5 Å². The van der Waals surface area contributed by atoms with Crippen molar-refractivity contribution in [3.8, 4) is 5.69 Å². The minimum absolute atomic E-state index is 0.121. The average molecular weight is 416 g/mol. The normalized spacial score (nSPS) is 12.7. The van der Waals surface area contributed by atoms with E-state index in [0.717, 1.165) is 4.90 Å². The highest BCUT2D eigenvalue weighted by molar-refractivity contribution is 6.35. The maximum absolute atomic E-state index is 13.4. The number of carboxylic acid groups (broad SMARTS) is 1. The summed E-state index contributed by atoms with van der Waals surface area (Å²) in [5.74, 6) is 0.121. The van der Waals surface area contributed by atoms with Crippen LogP contribution in [0.25, 0.3) is 16.6 Å². The third kappa shape index (κ3) is 3.83. The maximum Gasteiger partial charge on any atom is 0.408 e. The number of fused-ring (bicyclic) bond motifs is 1. The molecule has 1 aromatic heterocycles. The molecule has 3 aromatic rings. The zero-order valence-electron chi connectivity index (χ0n) is 16.3. The van der Waals surface area contributed by atoms with E-state index < -0.39 is 29.8 Å². The number of para-hydroxylation sites is 1. The smallest absolute Gasteiger partial charge is 0.408 e. The molecule has 152 valence electrons. The second kappa shape index (κ2) is 7.85. The summed E-state index contributed by atoms with van der Waals surface area (Å²) in [5, 5.41) is 20.5. The van der Waals surface area contributed by atoms with Gasteiger partial charge in [-0.2, -0.15) is 0 Å². The standard InChI is InChI=1S/C21H22ClN3O4/c1-21(2,3)25(20(28)29)16(12-26)18-23-15-11-7-10-14(22)17(15)19(27)24(18)13-8-5-4-6-9-13/h4-11,16,26H,12H2,1-3H3,(H,28,29)/t16-/m0/s1. The van der Waals surface area contributed by atoms with Gasteiger partial charge in [0.05, 0.1) is 28.2 Å². The predicted molar refractivity (Wildman–Crippen MR) is 112 cm³/mol. The van der Waals surface area contributed by atoms with Crippen molar-refractivity contribution in [3.63, 3.8) is 0 Å². The van der Waals surface area contributed by atoms with Crippen molar-refractivity contribution in [2.75, 3.05) is 6.61 Å². The summed E-state index contributed by atoms with van der Waals surface area (Å²) in [5.41, 5.74) is -0.441. The highest BCUT2D eigenvalue weighted by Gasteiger charge is 2.37. The molecule has 1 amide bonds. The van der Waals surface area contributed by atoms with Gasteiger partial charge in [-0.25, -0.2) is 9.78 Å². The van der Waals surface area contributed by atoms with Gasteiger partial charge in [-0.1, -0.05) is 35.9 Å². The summed E-state index contributed by atoms with van der Waals surface area (Å²) in [4.78, 5) is 31.1. The first kappa shape index (κ1) is 20.8. The molecule has 0 radical (unpaired) electrons. The van der Waals surface area contributed by atoms with E-state index in [-0.39, 0.29) is 16.2 Å². The fraction of sp³-hybridized carbons (Fsp3) is 0.286. The number of benzene rings is 2. The van der Waals surface area contributed by atoms with Crippen LogP contribution in [0.15, 0.2) is 53.3 Å². The van der Waals surface area contributed by atoms with Crippen LogP contribution in [0, 0.1) is 0 Å². The largest absolute Gasteiger partial charge is 0.465 e. The van der Waals surface area contributed by atoms with Gasteiger partial charge in [-0.05, 0) is 45.0 Å². The number of aliphatic hydroxyl groups excluding tert-OH is 1. The summed E-state index contributed by atoms with van der Waals surface area (Å²) in [6.45, 7) is 4.60. The highest BCUT2D eigenvalue weighted by atomic mass is 35.5. The molecule has 0 aliphatic carbocycles. The van der Waals surface area contributed by atoms with Crippen LogP contribution in [0.3, 0.4) is 0 Å². The van der Waals surface area contributed by atoms with Crippen LogP contribution in [0.1, 0.15) is 32.6 Å². The molecule has 1 atom stereocenters. The summed E-state index contributed by atoms with van der Waals surface area (Å²) in [6, 6.07) is 12.6. The van der Waals surface area contributed by atoms with Crippen molar-refractivity contribution >= 4 is 28.6 Å². The van der Waals surface area contributed by atoms with Crippen LogP contribution >= 0.6 is 11.6 Å². The second-order valence-electron chi connectivity index (χ2n) is 7.60. The topological polar surface area (TPSA) is 95.7 Å². The van der Waals surface area contributed by atoms with E-state index in [1.807, 2.05) is 0 Å². The molecular weight excluding hydrogens is 394 g/mol. The zero-order chi connectivity index (χ0) is 21.3. The fourth-order valence-electron chi connectivity index (χ4n) is 3.42. The van der Waals surface area contributed by atoms with E-state index >= 15 is 0 Å². The Morgan fingerprint density at radius 3 is 2.38 bits per heavy atom. The molecule has 0 fully saturated rings. The lowest BCUT2D eigenvalue weighted by Gasteiger charge is -2.39. The minimum atomic E-state index is -1.23. The first-order valence-electron chi connectivity index (χ1n) is 9.06. The Bertz CT molecular complexity index is 1110. The van der Waals surface area contributed by atoms with Crippen LogP contribution in [0.5, 0.6) is 0 Å². The van der Waals surface area contributed by atoms with Crippen molar-refractivity contribution < 1.29 is 15.0 Å². The molecule has 29 heavy (non-hydrogen) atoms. The number of halogens is 1. The molecule has 0 unspecified atom stereocenters. The van der Waals surface area contributed by atoms with E-state index in [2.05, 4.69) is 4.98 Å². The van der Waals surface area contributed by atoms with Crippen LogP contribution in [0.2, 0.25) is 5.02 Å². The van der Waals surface area contributed by atoms with E-state index in [1.165, 1.54) is 4.57 Å². The van der Waals surface area contributed by atoms with Crippen LogP contribution in [-0.4, -0.2) is 42.9 Å². The Labute approximate surface area is 172 Å².